The highest BCUT2D eigenvalue weighted by Crippen LogP contribution is 2.24. The maximum Gasteiger partial charge on any atom is 0.149 e. The van der Waals surface area contributed by atoms with E-state index in [0.717, 1.165) is 11.3 Å². The zero-order valence-electron chi connectivity index (χ0n) is 15.7. The summed E-state index contributed by atoms with van der Waals surface area (Å²) in [6.07, 6.45) is 0. The molecule has 0 aliphatic rings. The van der Waals surface area contributed by atoms with Crippen LogP contribution in [0.2, 0.25) is 0 Å². The normalized spacial score (nSPS) is 11.6. The fourth-order valence-corrected chi connectivity index (χ4v) is 2.36. The summed E-state index contributed by atoms with van der Waals surface area (Å²) < 4.78 is 5.70. The van der Waals surface area contributed by atoms with Crippen molar-refractivity contribution >= 4 is 0 Å². The minimum absolute atomic E-state index is 0.164. The molecule has 0 atom stereocenters. The van der Waals surface area contributed by atoms with E-state index in [1.165, 1.54) is 11.1 Å². The Hall–Kier alpha value is -2.20. The molecule has 126 valence electrons. The van der Waals surface area contributed by atoms with Gasteiger partial charge in [-0.3, -0.25) is 0 Å². The third-order valence-corrected chi connectivity index (χ3v) is 4.01. The smallest absolute Gasteiger partial charge is 0.149 e. The van der Waals surface area contributed by atoms with Gasteiger partial charge < -0.3 is 4.74 Å². The summed E-state index contributed by atoms with van der Waals surface area (Å²) >= 11 is 0. The van der Waals surface area contributed by atoms with Crippen LogP contribution in [0.5, 0.6) is 5.75 Å². The maximum atomic E-state index is 5.70. The summed E-state index contributed by atoms with van der Waals surface area (Å²) in [4.78, 5) is 0. The first-order chi connectivity index (χ1) is 11.2. The molecule has 2 aromatic carbocycles. The van der Waals surface area contributed by atoms with Gasteiger partial charge in [0.1, 0.15) is 12.4 Å². The zero-order chi connectivity index (χ0) is 17.8. The van der Waals surface area contributed by atoms with Crippen LogP contribution in [0.4, 0.5) is 0 Å². The summed E-state index contributed by atoms with van der Waals surface area (Å²) in [7, 11) is 0. The van der Waals surface area contributed by atoms with Gasteiger partial charge >= 0.3 is 0 Å². The number of ether oxygens (including phenoxy) is 1. The number of hydrogen-bond acceptors (Lipinski definition) is 1. The molecule has 1 heteroatoms. The summed E-state index contributed by atoms with van der Waals surface area (Å²) in [5, 5.41) is 0. The van der Waals surface area contributed by atoms with E-state index in [1.807, 2.05) is 12.1 Å². The maximum absolute atomic E-state index is 5.70. The monoisotopic (exact) mass is 320 g/mol. The molecular weight excluding hydrogens is 292 g/mol. The average molecular weight is 320 g/mol. The fraction of sp³-hybridized carbons (Fsp3) is 0.391. The highest BCUT2D eigenvalue weighted by Gasteiger charge is 2.13. The first-order valence-corrected chi connectivity index (χ1v) is 8.49. The predicted octanol–water partition coefficient (Wildman–Crippen LogP) is 5.71. The molecule has 0 N–H and O–H groups in total. The Morgan fingerprint density at radius 1 is 0.708 bits per heavy atom. The van der Waals surface area contributed by atoms with Crippen LogP contribution in [-0.4, -0.2) is 6.61 Å². The second-order valence-corrected chi connectivity index (χ2v) is 8.19. The molecule has 0 aliphatic heterocycles. The first-order valence-electron chi connectivity index (χ1n) is 8.49. The molecule has 0 fully saturated rings. The van der Waals surface area contributed by atoms with Crippen molar-refractivity contribution in [1.82, 2.24) is 0 Å². The summed E-state index contributed by atoms with van der Waals surface area (Å²) in [5.74, 6) is 7.10. The highest BCUT2D eigenvalue weighted by molar-refractivity contribution is 5.38. The zero-order valence-corrected chi connectivity index (χ0v) is 15.7. The van der Waals surface area contributed by atoms with E-state index in [0.29, 0.717) is 6.61 Å². The van der Waals surface area contributed by atoms with E-state index < -0.39 is 0 Å². The molecule has 0 bridgehead atoms. The topological polar surface area (TPSA) is 9.23 Å². The molecule has 24 heavy (non-hydrogen) atoms. The van der Waals surface area contributed by atoms with E-state index in [1.54, 1.807) is 0 Å². The molecule has 0 aliphatic carbocycles. The largest absolute Gasteiger partial charge is 0.481 e. The lowest BCUT2D eigenvalue weighted by Crippen LogP contribution is -2.10. The number of hydrogen-bond donors (Lipinski definition) is 0. The average Bonchev–Trinajstić information content (AvgIpc) is 2.51. The van der Waals surface area contributed by atoms with Gasteiger partial charge in [0, 0.05) is 5.56 Å². The summed E-state index contributed by atoms with van der Waals surface area (Å²) in [6, 6.07) is 16.7. The van der Waals surface area contributed by atoms with Crippen molar-refractivity contribution in [2.75, 3.05) is 6.61 Å². The third-order valence-electron chi connectivity index (χ3n) is 4.01. The Morgan fingerprint density at radius 3 is 1.62 bits per heavy atom. The Kier molecular flexibility index (Phi) is 5.40. The number of rotatable bonds is 2. The van der Waals surface area contributed by atoms with Crippen molar-refractivity contribution in [2.45, 2.75) is 52.4 Å². The molecule has 1 nitrogen and oxygen atoms in total. The van der Waals surface area contributed by atoms with Crippen LogP contribution in [0.3, 0.4) is 0 Å². The predicted molar refractivity (Wildman–Crippen MR) is 103 cm³/mol. The molecule has 0 radical (unpaired) electrons. The van der Waals surface area contributed by atoms with Crippen LogP contribution in [0.1, 0.15) is 58.2 Å². The molecule has 0 amide bonds. The van der Waals surface area contributed by atoms with E-state index >= 15 is 0 Å². The van der Waals surface area contributed by atoms with Crippen LogP contribution >= 0.6 is 0 Å². The van der Waals surface area contributed by atoms with Crippen molar-refractivity contribution in [1.29, 1.82) is 0 Å². The lowest BCUT2D eigenvalue weighted by atomic mass is 9.87. The van der Waals surface area contributed by atoms with Crippen molar-refractivity contribution in [2.24, 2.45) is 0 Å². The van der Waals surface area contributed by atoms with Gasteiger partial charge in [0.15, 0.2) is 0 Å². The second-order valence-electron chi connectivity index (χ2n) is 8.19. The Morgan fingerprint density at radius 2 is 1.17 bits per heavy atom. The van der Waals surface area contributed by atoms with Gasteiger partial charge in [-0.15, -0.1) is 0 Å². The molecule has 0 heterocycles. The van der Waals surface area contributed by atoms with Crippen LogP contribution < -0.4 is 4.74 Å². The highest BCUT2D eigenvalue weighted by atomic mass is 16.5. The first kappa shape index (κ1) is 18.1. The van der Waals surface area contributed by atoms with Gasteiger partial charge in [-0.2, -0.15) is 0 Å². The van der Waals surface area contributed by atoms with Crippen molar-refractivity contribution < 1.29 is 4.74 Å². The van der Waals surface area contributed by atoms with Gasteiger partial charge in [0.05, 0.1) is 0 Å². The van der Waals surface area contributed by atoms with Crippen LogP contribution in [0.25, 0.3) is 0 Å². The van der Waals surface area contributed by atoms with E-state index in [-0.39, 0.29) is 10.8 Å². The molecule has 2 aromatic rings. The number of benzene rings is 2. The molecule has 0 aromatic heterocycles. The third kappa shape index (κ3) is 5.17. The Labute approximate surface area is 147 Å². The van der Waals surface area contributed by atoms with Crippen molar-refractivity contribution in [3.63, 3.8) is 0 Å². The second kappa shape index (κ2) is 7.14. The molecule has 0 saturated carbocycles. The van der Waals surface area contributed by atoms with Gasteiger partial charge in [0.25, 0.3) is 0 Å². The van der Waals surface area contributed by atoms with Gasteiger partial charge in [-0.25, -0.2) is 0 Å². The van der Waals surface area contributed by atoms with E-state index in [4.69, 9.17) is 4.74 Å². The quantitative estimate of drug-likeness (QED) is 0.644. The van der Waals surface area contributed by atoms with Gasteiger partial charge in [-0.05, 0) is 46.2 Å². The Balaban J connectivity index is 1.92. The van der Waals surface area contributed by atoms with E-state index in [2.05, 4.69) is 89.8 Å². The lowest BCUT2D eigenvalue weighted by Gasteiger charge is -2.19. The summed E-state index contributed by atoms with van der Waals surface area (Å²) in [6.45, 7) is 13.7. The summed E-state index contributed by atoms with van der Waals surface area (Å²) in [5.41, 5.74) is 3.99. The standard InChI is InChI=1S/C23H28O/c1-22(2,3)19-11-9-18(10-12-19)8-7-17-24-21-15-13-20(14-16-21)23(4,5)6/h9-16H,17H2,1-6H3. The molecule has 0 unspecified atom stereocenters. The van der Waals surface area contributed by atoms with Crippen LogP contribution in [0, 0.1) is 11.8 Å². The minimum atomic E-state index is 0.164. The van der Waals surface area contributed by atoms with Crippen molar-refractivity contribution in [3.05, 3.63) is 65.2 Å². The lowest BCUT2D eigenvalue weighted by molar-refractivity contribution is 0.370. The fourth-order valence-electron chi connectivity index (χ4n) is 2.36. The van der Waals surface area contributed by atoms with Crippen LogP contribution in [0.15, 0.2) is 48.5 Å². The molecule has 0 saturated heterocycles. The van der Waals surface area contributed by atoms with Crippen LogP contribution in [-0.2, 0) is 10.8 Å². The Bertz CT molecular complexity index is 711. The molecule has 2 rings (SSSR count). The van der Waals surface area contributed by atoms with Gasteiger partial charge in [-0.1, -0.05) is 77.6 Å². The van der Waals surface area contributed by atoms with Gasteiger partial charge in [0.2, 0.25) is 0 Å². The van der Waals surface area contributed by atoms with E-state index in [9.17, 15) is 0 Å². The van der Waals surface area contributed by atoms with Crippen molar-refractivity contribution in [3.8, 4) is 17.6 Å². The minimum Gasteiger partial charge on any atom is -0.481 e. The molecular formula is C23H28O. The molecule has 0 spiro atoms. The SMILES string of the molecule is CC(C)(C)c1ccc(C#CCOc2ccc(C(C)(C)C)cc2)cc1.